The number of carboxylic acid groups (broad SMARTS) is 1. The Morgan fingerprint density at radius 1 is 1.07 bits per heavy atom. The van der Waals surface area contributed by atoms with Crippen molar-refractivity contribution < 1.29 is 27.8 Å². The molecule has 3 aromatic rings. The zero-order valence-corrected chi connectivity index (χ0v) is 15.1. The number of ether oxygens (including phenoxy) is 2. The number of aromatic carboxylic acids is 1. The van der Waals surface area contributed by atoms with E-state index in [4.69, 9.17) is 9.47 Å². The Kier molecular flexibility index (Phi) is 4.82. The van der Waals surface area contributed by atoms with Gasteiger partial charge in [0.05, 0.1) is 31.0 Å². The van der Waals surface area contributed by atoms with E-state index in [1.807, 2.05) is 0 Å². The molecule has 1 aromatic heterocycles. The van der Waals surface area contributed by atoms with E-state index in [1.165, 1.54) is 50.9 Å². The summed E-state index contributed by atoms with van der Waals surface area (Å²) in [4.78, 5) is 19.6. The summed E-state index contributed by atoms with van der Waals surface area (Å²) < 4.78 is 38.3. The molecule has 0 aliphatic heterocycles. The van der Waals surface area contributed by atoms with Crippen LogP contribution in [0.5, 0.6) is 11.5 Å². The maximum Gasteiger partial charge on any atom is 0.337 e. The van der Waals surface area contributed by atoms with Crippen molar-refractivity contribution in [1.82, 2.24) is 9.97 Å². The first-order chi connectivity index (χ1) is 12.9. The predicted octanol–water partition coefficient (Wildman–Crippen LogP) is 2.15. The lowest BCUT2D eigenvalue weighted by Gasteiger charge is -2.15. The number of carbonyl (C=O) groups is 1. The number of nitrogens with one attached hydrogen (secondary N) is 1. The van der Waals surface area contributed by atoms with E-state index >= 15 is 0 Å². The molecular formula is C17H15N3O6S. The summed E-state index contributed by atoms with van der Waals surface area (Å²) in [6.07, 6.45) is 2.82. The molecule has 10 heteroatoms. The number of methoxy groups -OCH3 is 2. The highest BCUT2D eigenvalue weighted by molar-refractivity contribution is 7.93. The molecule has 0 amide bonds. The van der Waals surface area contributed by atoms with E-state index in [2.05, 4.69) is 14.7 Å². The fourth-order valence-electron chi connectivity index (χ4n) is 2.52. The molecule has 0 spiro atoms. The topological polar surface area (TPSA) is 128 Å². The van der Waals surface area contributed by atoms with E-state index in [1.54, 1.807) is 6.07 Å². The molecule has 0 bridgehead atoms. The lowest BCUT2D eigenvalue weighted by Crippen LogP contribution is -2.16. The van der Waals surface area contributed by atoms with Crippen LogP contribution in [0.2, 0.25) is 0 Å². The Hall–Kier alpha value is -3.40. The second-order valence-corrected chi connectivity index (χ2v) is 6.99. The van der Waals surface area contributed by atoms with E-state index in [0.29, 0.717) is 5.52 Å². The van der Waals surface area contributed by atoms with Gasteiger partial charge < -0.3 is 14.6 Å². The fourth-order valence-corrected chi connectivity index (χ4v) is 3.76. The van der Waals surface area contributed by atoms with Crippen LogP contribution in [0.15, 0.2) is 47.6 Å². The number of hydrogen-bond donors (Lipinski definition) is 2. The van der Waals surface area contributed by atoms with E-state index in [9.17, 15) is 18.3 Å². The SMILES string of the molecule is COc1cc(NS(=O)(=O)c2cccc3nccnc23)c(C(=O)O)cc1OC. The van der Waals surface area contributed by atoms with E-state index in [-0.39, 0.29) is 33.2 Å². The summed E-state index contributed by atoms with van der Waals surface area (Å²) in [6, 6.07) is 6.94. The second kappa shape index (κ2) is 7.08. The number of anilines is 1. The number of fused-ring (bicyclic) bond motifs is 1. The van der Waals surface area contributed by atoms with Crippen molar-refractivity contribution in [2.75, 3.05) is 18.9 Å². The lowest BCUT2D eigenvalue weighted by molar-refractivity contribution is 0.0697. The summed E-state index contributed by atoms with van der Waals surface area (Å²) >= 11 is 0. The molecule has 0 unspecified atom stereocenters. The standard InChI is InChI=1S/C17H15N3O6S/c1-25-13-8-10(17(21)22)12(9-14(13)26-2)20-27(23,24)15-5-3-4-11-16(15)19-7-6-18-11/h3-9,20H,1-2H3,(H,21,22). The summed E-state index contributed by atoms with van der Waals surface area (Å²) in [5.74, 6) is -0.988. The second-order valence-electron chi connectivity index (χ2n) is 5.34. The number of rotatable bonds is 6. The molecule has 0 fully saturated rings. The third kappa shape index (κ3) is 3.47. The van der Waals surface area contributed by atoms with Gasteiger partial charge in [0.1, 0.15) is 10.4 Å². The number of benzene rings is 2. The average molecular weight is 389 g/mol. The number of hydrogen-bond acceptors (Lipinski definition) is 7. The molecule has 27 heavy (non-hydrogen) atoms. The molecule has 2 aromatic carbocycles. The largest absolute Gasteiger partial charge is 0.493 e. The number of nitrogens with zero attached hydrogens (tertiary/aromatic N) is 2. The van der Waals surface area contributed by atoms with Gasteiger partial charge in [-0.3, -0.25) is 14.7 Å². The molecule has 0 saturated carbocycles. The van der Waals surface area contributed by atoms with Crippen molar-refractivity contribution in [3.63, 3.8) is 0 Å². The Bertz CT molecular complexity index is 1130. The highest BCUT2D eigenvalue weighted by Gasteiger charge is 2.23. The monoisotopic (exact) mass is 389 g/mol. The molecule has 0 aliphatic carbocycles. The molecular weight excluding hydrogens is 374 g/mol. The molecule has 2 N–H and O–H groups in total. The van der Waals surface area contributed by atoms with Crippen LogP contribution in [0.25, 0.3) is 11.0 Å². The highest BCUT2D eigenvalue weighted by Crippen LogP contribution is 2.34. The van der Waals surface area contributed by atoms with Gasteiger partial charge in [-0.25, -0.2) is 13.2 Å². The van der Waals surface area contributed by atoms with Gasteiger partial charge in [0, 0.05) is 24.5 Å². The third-order valence-corrected chi connectivity index (χ3v) is 5.15. The smallest absolute Gasteiger partial charge is 0.337 e. The van der Waals surface area contributed by atoms with Crippen LogP contribution in [0.4, 0.5) is 5.69 Å². The Labute approximate surface area is 154 Å². The van der Waals surface area contributed by atoms with Crippen LogP contribution < -0.4 is 14.2 Å². The maximum absolute atomic E-state index is 12.9. The Morgan fingerprint density at radius 3 is 2.41 bits per heavy atom. The molecule has 0 atom stereocenters. The van der Waals surface area contributed by atoms with E-state index < -0.39 is 16.0 Å². The summed E-state index contributed by atoms with van der Waals surface area (Å²) in [6.45, 7) is 0. The first kappa shape index (κ1) is 18.4. The minimum Gasteiger partial charge on any atom is -0.493 e. The number of carboxylic acids is 1. The molecule has 140 valence electrons. The van der Waals surface area contributed by atoms with Crippen molar-refractivity contribution in [1.29, 1.82) is 0 Å². The van der Waals surface area contributed by atoms with Gasteiger partial charge in [-0.1, -0.05) is 6.07 Å². The van der Waals surface area contributed by atoms with Gasteiger partial charge in [0.25, 0.3) is 10.0 Å². The summed E-state index contributed by atoms with van der Waals surface area (Å²) in [5.41, 5.74) is 0.111. The first-order valence-corrected chi connectivity index (χ1v) is 9.07. The fraction of sp³-hybridized carbons (Fsp3) is 0.118. The van der Waals surface area contributed by atoms with Crippen LogP contribution in [-0.2, 0) is 10.0 Å². The third-order valence-electron chi connectivity index (χ3n) is 3.75. The molecule has 9 nitrogen and oxygen atoms in total. The minimum absolute atomic E-state index is 0.126. The van der Waals surface area contributed by atoms with Crippen LogP contribution >= 0.6 is 0 Å². The van der Waals surface area contributed by atoms with Crippen LogP contribution in [0.1, 0.15) is 10.4 Å². The van der Waals surface area contributed by atoms with Crippen molar-refractivity contribution in [2.45, 2.75) is 4.90 Å². The molecule has 3 rings (SSSR count). The van der Waals surface area contributed by atoms with E-state index in [0.717, 1.165) is 0 Å². The van der Waals surface area contributed by atoms with Crippen molar-refractivity contribution in [3.05, 3.63) is 48.3 Å². The highest BCUT2D eigenvalue weighted by atomic mass is 32.2. The van der Waals surface area contributed by atoms with Gasteiger partial charge in [0.15, 0.2) is 11.5 Å². The number of sulfonamides is 1. The zero-order valence-electron chi connectivity index (χ0n) is 14.3. The van der Waals surface area contributed by atoms with Crippen molar-refractivity contribution >= 4 is 32.7 Å². The minimum atomic E-state index is -4.15. The maximum atomic E-state index is 12.9. The summed E-state index contributed by atoms with van der Waals surface area (Å²) in [7, 11) is -1.45. The quantitative estimate of drug-likeness (QED) is 0.656. The zero-order chi connectivity index (χ0) is 19.6. The lowest BCUT2D eigenvalue weighted by atomic mass is 10.1. The molecule has 0 saturated heterocycles. The van der Waals surface area contributed by atoms with Crippen molar-refractivity contribution in [3.8, 4) is 11.5 Å². The van der Waals surface area contributed by atoms with Crippen LogP contribution in [-0.4, -0.2) is 43.7 Å². The van der Waals surface area contributed by atoms with Crippen molar-refractivity contribution in [2.24, 2.45) is 0 Å². The van der Waals surface area contributed by atoms with Gasteiger partial charge in [0.2, 0.25) is 0 Å². The van der Waals surface area contributed by atoms with Gasteiger partial charge in [-0.2, -0.15) is 0 Å². The summed E-state index contributed by atoms with van der Waals surface area (Å²) in [5, 5.41) is 9.43. The Morgan fingerprint density at radius 2 is 1.74 bits per heavy atom. The van der Waals surface area contributed by atoms with Gasteiger partial charge in [-0.05, 0) is 12.1 Å². The Balaban J connectivity index is 2.14. The molecule has 1 heterocycles. The van der Waals surface area contributed by atoms with Gasteiger partial charge in [-0.15, -0.1) is 0 Å². The number of para-hydroxylation sites is 1. The predicted molar refractivity (Wildman–Crippen MR) is 96.9 cm³/mol. The van der Waals surface area contributed by atoms with Gasteiger partial charge >= 0.3 is 5.97 Å². The van der Waals surface area contributed by atoms with Crippen LogP contribution in [0.3, 0.4) is 0 Å². The molecule has 0 aliphatic rings. The first-order valence-electron chi connectivity index (χ1n) is 7.59. The normalized spacial score (nSPS) is 11.2. The van der Waals surface area contributed by atoms with Crippen LogP contribution in [0, 0.1) is 0 Å². The average Bonchev–Trinajstić information content (AvgIpc) is 2.66. The number of aromatic nitrogens is 2. The molecule has 0 radical (unpaired) electrons.